The van der Waals surface area contributed by atoms with Crippen molar-refractivity contribution >= 4 is 5.97 Å². The number of esters is 1. The fraction of sp³-hybridized carbons (Fsp3) is 0.286. The minimum atomic E-state index is -0.324. The van der Waals surface area contributed by atoms with Crippen molar-refractivity contribution in [2.45, 2.75) is 32.7 Å². The third-order valence-corrected chi connectivity index (χ3v) is 4.40. The molecule has 1 heterocycles. The predicted molar refractivity (Wildman–Crippen MR) is 101 cm³/mol. The van der Waals surface area contributed by atoms with Gasteiger partial charge in [-0.25, -0.2) is 4.79 Å². The van der Waals surface area contributed by atoms with Crippen LogP contribution in [-0.2, 0) is 17.7 Å². The van der Waals surface area contributed by atoms with E-state index in [1.807, 2.05) is 30.3 Å². The highest BCUT2D eigenvalue weighted by Gasteiger charge is 2.12. The number of unbranched alkanes of at least 4 members (excludes halogenated alkanes) is 1. The van der Waals surface area contributed by atoms with Gasteiger partial charge in [-0.05, 0) is 29.2 Å². The first kappa shape index (κ1) is 17.9. The topological polar surface area (TPSA) is 57.0 Å². The van der Waals surface area contributed by atoms with Crippen LogP contribution in [0.25, 0.3) is 11.1 Å². The van der Waals surface area contributed by atoms with Gasteiger partial charge in [0.1, 0.15) is 12.2 Å². The van der Waals surface area contributed by atoms with Crippen LogP contribution < -0.4 is 0 Å². The largest absolute Gasteiger partial charge is 0.465 e. The van der Waals surface area contributed by atoms with E-state index >= 15 is 0 Å². The number of aryl methyl sites for hydroxylation is 1. The van der Waals surface area contributed by atoms with Crippen molar-refractivity contribution in [3.8, 4) is 11.1 Å². The molecule has 0 spiro atoms. The lowest BCUT2D eigenvalue weighted by Gasteiger charge is -2.10. The van der Waals surface area contributed by atoms with Gasteiger partial charge in [-0.2, -0.15) is 0 Å². The predicted octanol–water partition coefficient (Wildman–Crippen LogP) is 4.12. The van der Waals surface area contributed by atoms with Crippen molar-refractivity contribution in [1.29, 1.82) is 0 Å². The van der Waals surface area contributed by atoms with Crippen LogP contribution >= 0.6 is 0 Å². The van der Waals surface area contributed by atoms with E-state index in [9.17, 15) is 4.79 Å². The van der Waals surface area contributed by atoms with Gasteiger partial charge in [-0.3, -0.25) is 0 Å². The zero-order valence-electron chi connectivity index (χ0n) is 15.2. The molecule has 3 aromatic rings. The molecular formula is C21H23N3O2. The lowest BCUT2D eigenvalue weighted by Crippen LogP contribution is -2.05. The van der Waals surface area contributed by atoms with Gasteiger partial charge in [-0.15, -0.1) is 10.2 Å². The third-order valence-electron chi connectivity index (χ3n) is 4.40. The normalized spacial score (nSPS) is 10.7. The summed E-state index contributed by atoms with van der Waals surface area (Å²) in [4.78, 5) is 12.0. The Bertz CT molecular complexity index is 869. The molecule has 0 atom stereocenters. The first-order valence-corrected chi connectivity index (χ1v) is 8.86. The van der Waals surface area contributed by atoms with Gasteiger partial charge < -0.3 is 9.30 Å². The Morgan fingerprint density at radius 2 is 1.88 bits per heavy atom. The summed E-state index contributed by atoms with van der Waals surface area (Å²) in [6, 6.07) is 15.7. The molecule has 0 aliphatic carbocycles. The lowest BCUT2D eigenvalue weighted by molar-refractivity contribution is 0.0601. The van der Waals surface area contributed by atoms with Crippen LogP contribution in [0.4, 0.5) is 0 Å². The van der Waals surface area contributed by atoms with E-state index in [2.05, 4.69) is 33.8 Å². The zero-order valence-corrected chi connectivity index (χ0v) is 15.2. The highest BCUT2D eigenvalue weighted by atomic mass is 16.5. The van der Waals surface area contributed by atoms with E-state index in [0.717, 1.165) is 42.8 Å². The Kier molecular flexibility index (Phi) is 5.79. The van der Waals surface area contributed by atoms with Gasteiger partial charge in [0.15, 0.2) is 0 Å². The van der Waals surface area contributed by atoms with Crippen LogP contribution in [0, 0.1) is 0 Å². The molecule has 1 aromatic heterocycles. The molecule has 5 heteroatoms. The number of nitrogens with zero attached hydrogens (tertiary/aromatic N) is 3. The summed E-state index contributed by atoms with van der Waals surface area (Å²) in [5.41, 5.74) is 3.61. The molecule has 3 rings (SSSR count). The van der Waals surface area contributed by atoms with Gasteiger partial charge in [0.2, 0.25) is 0 Å². The molecule has 0 amide bonds. The fourth-order valence-electron chi connectivity index (χ4n) is 2.95. The number of benzene rings is 2. The molecule has 0 bridgehead atoms. The number of ether oxygens (including phenoxy) is 1. The highest BCUT2D eigenvalue weighted by molar-refractivity contribution is 5.97. The van der Waals surface area contributed by atoms with E-state index in [4.69, 9.17) is 4.74 Å². The molecule has 0 saturated heterocycles. The van der Waals surface area contributed by atoms with Crippen molar-refractivity contribution in [2.24, 2.45) is 0 Å². The summed E-state index contributed by atoms with van der Waals surface area (Å²) in [5, 5.41) is 8.26. The standard InChI is InChI=1S/C21H23N3O2/c1-3-4-9-20-23-22-15-24(20)14-16-10-12-17(13-11-16)18-7-5-6-8-19(18)21(25)26-2/h5-8,10-13,15H,3-4,9,14H2,1-2H3. The second kappa shape index (κ2) is 8.43. The van der Waals surface area contributed by atoms with E-state index in [0.29, 0.717) is 5.56 Å². The van der Waals surface area contributed by atoms with Crippen molar-refractivity contribution in [3.05, 3.63) is 71.8 Å². The van der Waals surface area contributed by atoms with E-state index in [1.54, 1.807) is 12.4 Å². The van der Waals surface area contributed by atoms with Gasteiger partial charge >= 0.3 is 5.97 Å². The Hall–Kier alpha value is -2.95. The lowest BCUT2D eigenvalue weighted by atomic mass is 9.98. The third kappa shape index (κ3) is 3.99. The number of carbonyl (C=O) groups excluding carboxylic acids is 1. The summed E-state index contributed by atoms with van der Waals surface area (Å²) >= 11 is 0. The maximum absolute atomic E-state index is 12.0. The number of hydrogen-bond acceptors (Lipinski definition) is 4. The van der Waals surface area contributed by atoms with Gasteiger partial charge in [0.25, 0.3) is 0 Å². The second-order valence-electron chi connectivity index (χ2n) is 6.21. The Morgan fingerprint density at radius 3 is 2.62 bits per heavy atom. The molecule has 2 aromatic carbocycles. The quantitative estimate of drug-likeness (QED) is 0.602. The molecule has 0 unspecified atom stereocenters. The number of rotatable bonds is 7. The average Bonchev–Trinajstić information content (AvgIpc) is 3.13. The molecule has 0 fully saturated rings. The maximum Gasteiger partial charge on any atom is 0.338 e. The van der Waals surface area contributed by atoms with E-state index in [-0.39, 0.29) is 5.97 Å². The molecular weight excluding hydrogens is 326 g/mol. The van der Waals surface area contributed by atoms with E-state index in [1.165, 1.54) is 12.7 Å². The SMILES string of the molecule is CCCCc1nncn1Cc1ccc(-c2ccccc2C(=O)OC)cc1. The summed E-state index contributed by atoms with van der Waals surface area (Å²) in [7, 11) is 1.40. The van der Waals surface area contributed by atoms with Crippen LogP contribution in [0.1, 0.15) is 41.5 Å². The number of hydrogen-bond donors (Lipinski definition) is 0. The zero-order chi connectivity index (χ0) is 18.4. The smallest absolute Gasteiger partial charge is 0.338 e. The monoisotopic (exact) mass is 349 g/mol. The van der Waals surface area contributed by atoms with Crippen molar-refractivity contribution in [3.63, 3.8) is 0 Å². The van der Waals surface area contributed by atoms with Crippen LogP contribution in [0.2, 0.25) is 0 Å². The maximum atomic E-state index is 12.0. The molecule has 0 aliphatic rings. The first-order valence-electron chi connectivity index (χ1n) is 8.86. The number of aromatic nitrogens is 3. The molecule has 5 nitrogen and oxygen atoms in total. The molecule has 0 aliphatic heterocycles. The van der Waals surface area contributed by atoms with Gasteiger partial charge in [-0.1, -0.05) is 55.8 Å². The van der Waals surface area contributed by atoms with Gasteiger partial charge in [0, 0.05) is 6.42 Å². The highest BCUT2D eigenvalue weighted by Crippen LogP contribution is 2.25. The summed E-state index contributed by atoms with van der Waals surface area (Å²) in [5.74, 6) is 0.696. The minimum absolute atomic E-state index is 0.324. The summed E-state index contributed by atoms with van der Waals surface area (Å²) < 4.78 is 6.97. The molecule has 134 valence electrons. The average molecular weight is 349 g/mol. The Morgan fingerprint density at radius 1 is 1.12 bits per heavy atom. The summed E-state index contributed by atoms with van der Waals surface area (Å²) in [6.45, 7) is 2.91. The van der Waals surface area contributed by atoms with Crippen molar-refractivity contribution in [2.75, 3.05) is 7.11 Å². The van der Waals surface area contributed by atoms with Crippen LogP contribution in [0.15, 0.2) is 54.9 Å². The first-order chi connectivity index (χ1) is 12.7. The Labute approximate surface area is 153 Å². The molecule has 26 heavy (non-hydrogen) atoms. The van der Waals surface area contributed by atoms with E-state index < -0.39 is 0 Å². The Balaban J connectivity index is 1.80. The van der Waals surface area contributed by atoms with Crippen LogP contribution in [0.5, 0.6) is 0 Å². The van der Waals surface area contributed by atoms with Crippen LogP contribution in [0.3, 0.4) is 0 Å². The summed E-state index contributed by atoms with van der Waals surface area (Å²) in [6.07, 6.45) is 4.98. The minimum Gasteiger partial charge on any atom is -0.465 e. The molecule has 0 radical (unpaired) electrons. The van der Waals surface area contributed by atoms with Crippen LogP contribution in [-0.4, -0.2) is 27.8 Å². The fourth-order valence-corrected chi connectivity index (χ4v) is 2.95. The number of methoxy groups -OCH3 is 1. The second-order valence-corrected chi connectivity index (χ2v) is 6.21. The van der Waals surface area contributed by atoms with Crippen molar-refractivity contribution in [1.82, 2.24) is 14.8 Å². The number of carbonyl (C=O) groups is 1. The van der Waals surface area contributed by atoms with Gasteiger partial charge in [0.05, 0.1) is 19.2 Å². The molecule has 0 N–H and O–H groups in total. The molecule has 0 saturated carbocycles. The van der Waals surface area contributed by atoms with Crippen molar-refractivity contribution < 1.29 is 9.53 Å².